The van der Waals surface area contributed by atoms with Crippen molar-refractivity contribution in [2.45, 2.75) is 39.5 Å². The molecule has 1 rings (SSSR count). The number of carbonyl (C=O) groups excluding carboxylic acids is 1. The van der Waals surface area contributed by atoms with E-state index < -0.39 is 0 Å². The van der Waals surface area contributed by atoms with Crippen LogP contribution >= 0.6 is 0 Å². The van der Waals surface area contributed by atoms with E-state index in [2.05, 4.69) is 13.0 Å². The lowest BCUT2D eigenvalue weighted by Gasteiger charge is -2.04. The van der Waals surface area contributed by atoms with Crippen molar-refractivity contribution in [3.05, 3.63) is 11.8 Å². The van der Waals surface area contributed by atoms with Crippen LogP contribution in [0.4, 0.5) is 0 Å². The standard InChI is InChI=1S/C10H16O2/c1-8-5-3-4-6-10(7-8)12-9(2)11/h7-8H,3-6H2,1-2H3. The molecule has 0 aromatic heterocycles. The van der Waals surface area contributed by atoms with Gasteiger partial charge >= 0.3 is 5.97 Å². The van der Waals surface area contributed by atoms with Crippen molar-refractivity contribution >= 4 is 5.97 Å². The molecule has 1 unspecified atom stereocenters. The second-order valence-electron chi connectivity index (χ2n) is 3.45. The molecule has 2 heteroatoms. The molecule has 68 valence electrons. The predicted molar refractivity (Wildman–Crippen MR) is 47.5 cm³/mol. The van der Waals surface area contributed by atoms with Gasteiger partial charge in [0.25, 0.3) is 0 Å². The number of allylic oxidation sites excluding steroid dienone is 2. The third-order valence-electron chi connectivity index (χ3n) is 2.08. The van der Waals surface area contributed by atoms with Gasteiger partial charge in [0.05, 0.1) is 0 Å². The van der Waals surface area contributed by atoms with E-state index in [1.807, 2.05) is 0 Å². The molecule has 1 aliphatic rings. The molecule has 0 saturated carbocycles. The summed E-state index contributed by atoms with van der Waals surface area (Å²) in [5.41, 5.74) is 0. The fraction of sp³-hybridized carbons (Fsp3) is 0.700. The van der Waals surface area contributed by atoms with E-state index in [1.54, 1.807) is 0 Å². The molecular weight excluding hydrogens is 152 g/mol. The van der Waals surface area contributed by atoms with Crippen molar-refractivity contribution < 1.29 is 9.53 Å². The first-order valence-corrected chi connectivity index (χ1v) is 4.57. The second-order valence-corrected chi connectivity index (χ2v) is 3.45. The molecule has 0 amide bonds. The molecule has 0 spiro atoms. The maximum Gasteiger partial charge on any atom is 0.307 e. The van der Waals surface area contributed by atoms with Crippen LogP contribution in [-0.2, 0) is 9.53 Å². The molecule has 0 aromatic carbocycles. The zero-order valence-electron chi connectivity index (χ0n) is 7.80. The number of ether oxygens (including phenoxy) is 1. The lowest BCUT2D eigenvalue weighted by molar-refractivity contribution is -0.137. The number of esters is 1. The van der Waals surface area contributed by atoms with Gasteiger partial charge in [0.15, 0.2) is 0 Å². The van der Waals surface area contributed by atoms with Crippen molar-refractivity contribution in [2.75, 3.05) is 0 Å². The molecule has 0 fully saturated rings. The van der Waals surface area contributed by atoms with Gasteiger partial charge < -0.3 is 4.74 Å². The Morgan fingerprint density at radius 3 is 3.00 bits per heavy atom. The summed E-state index contributed by atoms with van der Waals surface area (Å²) in [6, 6.07) is 0. The SMILES string of the molecule is CC(=O)OC1=CC(C)CCCC1. The van der Waals surface area contributed by atoms with E-state index in [0.717, 1.165) is 18.6 Å². The summed E-state index contributed by atoms with van der Waals surface area (Å²) in [5.74, 6) is 1.23. The van der Waals surface area contributed by atoms with Gasteiger partial charge in [-0.15, -0.1) is 0 Å². The highest BCUT2D eigenvalue weighted by Gasteiger charge is 2.09. The zero-order valence-corrected chi connectivity index (χ0v) is 7.80. The lowest BCUT2D eigenvalue weighted by atomic mass is 10.1. The summed E-state index contributed by atoms with van der Waals surface area (Å²) in [6.45, 7) is 3.62. The highest BCUT2D eigenvalue weighted by atomic mass is 16.5. The second kappa shape index (κ2) is 4.29. The quantitative estimate of drug-likeness (QED) is 0.562. The highest BCUT2D eigenvalue weighted by molar-refractivity contribution is 5.67. The smallest absolute Gasteiger partial charge is 0.307 e. The molecule has 0 aliphatic heterocycles. The first-order chi connectivity index (χ1) is 5.68. The van der Waals surface area contributed by atoms with Crippen LogP contribution in [0.2, 0.25) is 0 Å². The molecule has 0 bridgehead atoms. The topological polar surface area (TPSA) is 26.3 Å². The summed E-state index contributed by atoms with van der Waals surface area (Å²) >= 11 is 0. The van der Waals surface area contributed by atoms with Crippen LogP contribution in [0.1, 0.15) is 39.5 Å². The van der Waals surface area contributed by atoms with Gasteiger partial charge in [-0.05, 0) is 24.8 Å². The van der Waals surface area contributed by atoms with Crippen molar-refractivity contribution in [1.29, 1.82) is 0 Å². The average Bonchev–Trinajstić information content (AvgIpc) is 2.12. The van der Waals surface area contributed by atoms with E-state index in [-0.39, 0.29) is 5.97 Å². The van der Waals surface area contributed by atoms with Crippen LogP contribution in [0, 0.1) is 5.92 Å². The Labute approximate surface area is 73.6 Å². The summed E-state index contributed by atoms with van der Waals surface area (Å²) in [5, 5.41) is 0. The first-order valence-electron chi connectivity index (χ1n) is 4.57. The third kappa shape index (κ3) is 3.07. The van der Waals surface area contributed by atoms with Gasteiger partial charge in [0.2, 0.25) is 0 Å². The Balaban J connectivity index is 2.53. The van der Waals surface area contributed by atoms with Crippen molar-refractivity contribution in [2.24, 2.45) is 5.92 Å². The predicted octanol–water partition coefficient (Wildman–Crippen LogP) is 2.64. The van der Waals surface area contributed by atoms with E-state index in [1.165, 1.54) is 19.8 Å². The maximum absolute atomic E-state index is 10.7. The number of rotatable bonds is 1. The number of carbonyl (C=O) groups is 1. The molecule has 0 saturated heterocycles. The summed E-state index contributed by atoms with van der Waals surface area (Å²) in [4.78, 5) is 10.7. The first kappa shape index (κ1) is 9.30. The van der Waals surface area contributed by atoms with Crippen LogP contribution in [0.15, 0.2) is 11.8 Å². The Hall–Kier alpha value is -0.790. The minimum absolute atomic E-state index is 0.199. The normalized spacial score (nSPS) is 24.2. The van der Waals surface area contributed by atoms with E-state index in [4.69, 9.17) is 4.74 Å². The fourth-order valence-electron chi connectivity index (χ4n) is 1.52. The van der Waals surface area contributed by atoms with E-state index in [9.17, 15) is 4.79 Å². The number of hydrogen-bond donors (Lipinski definition) is 0. The van der Waals surface area contributed by atoms with Crippen molar-refractivity contribution in [3.8, 4) is 0 Å². The molecule has 0 N–H and O–H groups in total. The van der Waals surface area contributed by atoms with Gasteiger partial charge in [-0.1, -0.05) is 13.3 Å². The summed E-state index contributed by atoms with van der Waals surface area (Å²) < 4.78 is 5.06. The monoisotopic (exact) mass is 168 g/mol. The van der Waals surface area contributed by atoms with Crippen LogP contribution in [0.25, 0.3) is 0 Å². The molecule has 1 atom stereocenters. The maximum atomic E-state index is 10.7. The molecule has 2 nitrogen and oxygen atoms in total. The van der Waals surface area contributed by atoms with Gasteiger partial charge in [-0.2, -0.15) is 0 Å². The van der Waals surface area contributed by atoms with Crippen LogP contribution in [0.5, 0.6) is 0 Å². The van der Waals surface area contributed by atoms with Gasteiger partial charge in [0, 0.05) is 13.3 Å². The minimum atomic E-state index is -0.199. The lowest BCUT2D eigenvalue weighted by Crippen LogP contribution is -1.99. The van der Waals surface area contributed by atoms with Crippen molar-refractivity contribution in [1.82, 2.24) is 0 Å². The third-order valence-corrected chi connectivity index (χ3v) is 2.08. The van der Waals surface area contributed by atoms with Gasteiger partial charge in [-0.3, -0.25) is 4.79 Å². The Bertz CT molecular complexity index is 194. The van der Waals surface area contributed by atoms with Crippen LogP contribution < -0.4 is 0 Å². The van der Waals surface area contributed by atoms with Gasteiger partial charge in [-0.25, -0.2) is 0 Å². The average molecular weight is 168 g/mol. The molecule has 1 aliphatic carbocycles. The minimum Gasteiger partial charge on any atom is -0.432 e. The van der Waals surface area contributed by atoms with Gasteiger partial charge in [0.1, 0.15) is 5.76 Å². The summed E-state index contributed by atoms with van der Waals surface area (Å²) in [6.07, 6.45) is 6.59. The van der Waals surface area contributed by atoms with E-state index in [0.29, 0.717) is 5.92 Å². The largest absolute Gasteiger partial charge is 0.432 e. The number of hydrogen-bond acceptors (Lipinski definition) is 2. The van der Waals surface area contributed by atoms with Crippen molar-refractivity contribution in [3.63, 3.8) is 0 Å². The molecule has 0 aromatic rings. The molecular formula is C10H16O2. The zero-order chi connectivity index (χ0) is 8.97. The fourth-order valence-corrected chi connectivity index (χ4v) is 1.52. The molecule has 12 heavy (non-hydrogen) atoms. The Kier molecular flexibility index (Phi) is 3.32. The Morgan fingerprint density at radius 2 is 2.33 bits per heavy atom. The van der Waals surface area contributed by atoms with E-state index >= 15 is 0 Å². The molecule has 0 heterocycles. The summed E-state index contributed by atoms with van der Waals surface area (Å²) in [7, 11) is 0. The van der Waals surface area contributed by atoms with Crippen LogP contribution in [-0.4, -0.2) is 5.97 Å². The molecule has 0 radical (unpaired) electrons. The Morgan fingerprint density at radius 1 is 1.58 bits per heavy atom. The van der Waals surface area contributed by atoms with Crippen LogP contribution in [0.3, 0.4) is 0 Å². The highest BCUT2D eigenvalue weighted by Crippen LogP contribution is 2.22.